The van der Waals surface area contributed by atoms with Gasteiger partial charge in [-0.3, -0.25) is 19.3 Å². The van der Waals surface area contributed by atoms with Crippen molar-refractivity contribution in [1.29, 1.82) is 0 Å². The molecule has 6 unspecified atom stereocenters. The van der Waals surface area contributed by atoms with Gasteiger partial charge in [0, 0.05) is 23.8 Å². The Kier molecular flexibility index (Phi) is 11.6. The number of benzene rings is 5. The van der Waals surface area contributed by atoms with E-state index < -0.39 is 59.5 Å². The number of amides is 2. The van der Waals surface area contributed by atoms with Crippen molar-refractivity contribution in [3.05, 3.63) is 161 Å². The van der Waals surface area contributed by atoms with E-state index in [1.165, 1.54) is 7.11 Å². The highest BCUT2D eigenvalue weighted by atomic mass is 16.6. The van der Waals surface area contributed by atoms with E-state index in [4.69, 9.17) is 23.7 Å². The van der Waals surface area contributed by atoms with Gasteiger partial charge in [-0.05, 0) is 65.2 Å². The van der Waals surface area contributed by atoms with Gasteiger partial charge in [0.25, 0.3) is 0 Å². The van der Waals surface area contributed by atoms with Crippen LogP contribution in [0.5, 0.6) is 11.5 Å². The number of hydrogen-bond donors (Lipinski definition) is 2. The van der Waals surface area contributed by atoms with Crippen LogP contribution in [-0.2, 0) is 34.0 Å². The fourth-order valence-electron chi connectivity index (χ4n) is 9.00. The van der Waals surface area contributed by atoms with Gasteiger partial charge in [-0.1, -0.05) is 90.7 Å². The zero-order valence-corrected chi connectivity index (χ0v) is 33.3. The molecule has 2 fully saturated rings. The molecule has 5 aromatic carbocycles. The number of ether oxygens (including phenoxy) is 5. The summed E-state index contributed by atoms with van der Waals surface area (Å²) in [5, 5.41) is 21.5. The molecule has 3 aliphatic rings. The molecule has 61 heavy (non-hydrogen) atoms. The summed E-state index contributed by atoms with van der Waals surface area (Å²) in [7, 11) is 3.00. The molecule has 0 aromatic heterocycles. The summed E-state index contributed by atoms with van der Waals surface area (Å²) in [4.78, 5) is 61.8. The number of carboxylic acids is 1. The van der Waals surface area contributed by atoms with Crippen molar-refractivity contribution < 1.29 is 53.1 Å². The van der Waals surface area contributed by atoms with Crippen LogP contribution >= 0.6 is 0 Å². The number of anilines is 1. The van der Waals surface area contributed by atoms with Gasteiger partial charge in [0.05, 0.1) is 38.1 Å². The van der Waals surface area contributed by atoms with Crippen LogP contribution in [0.1, 0.15) is 51.6 Å². The maximum Gasteiger partial charge on any atom is 0.421 e. The van der Waals surface area contributed by atoms with Gasteiger partial charge in [-0.15, -0.1) is 0 Å². The van der Waals surface area contributed by atoms with Gasteiger partial charge in [-0.2, -0.15) is 0 Å². The maximum atomic E-state index is 15.9. The van der Waals surface area contributed by atoms with Crippen LogP contribution in [0.4, 0.5) is 10.5 Å². The Morgan fingerprint density at radius 1 is 0.770 bits per heavy atom. The first-order chi connectivity index (χ1) is 29.7. The first-order valence-corrected chi connectivity index (χ1v) is 19.7. The Morgan fingerprint density at radius 3 is 2.10 bits per heavy atom. The third-order valence-corrected chi connectivity index (χ3v) is 11.4. The highest BCUT2D eigenvalue weighted by Crippen LogP contribution is 2.66. The number of carbonyl (C=O) groups is 4. The number of aliphatic hydroxyl groups is 1. The zero-order valence-electron chi connectivity index (χ0n) is 33.3. The van der Waals surface area contributed by atoms with Gasteiger partial charge in [0.2, 0.25) is 5.91 Å². The SMILES string of the molecule is COCCOC(=O)N1C(=O)C2(c3cc(C#Cc4ccc(OC)cc4)ccc31)C(C(=O)O)C1C(=O)OC(c3ccccc3)C(c3ccccc3)N1C2c1ccccc1OCCO. The van der Waals surface area contributed by atoms with Crippen LogP contribution in [0.15, 0.2) is 127 Å². The van der Waals surface area contributed by atoms with E-state index in [1.807, 2.05) is 60.7 Å². The number of para-hydroxylation sites is 1. The molecule has 1 spiro atoms. The standard InChI is InChI=1S/C48H42N2O11/c1-57-27-28-60-47(56)49-37-24-21-31(18-17-30-19-22-34(58-2)23-20-30)29-36(37)48(46(49)55)39(44(52)53)41-45(54)61-42(33-13-7-4-8-14-33)40(32-11-5-3-6-12-32)50(41)43(48)35-15-9-10-16-38(35)59-26-25-51/h3-16,19-24,29,39-43,51H,25-28H2,1-2H3,(H,52,53). The summed E-state index contributed by atoms with van der Waals surface area (Å²) >= 11 is 0. The van der Waals surface area contributed by atoms with Crippen LogP contribution in [-0.4, -0.2) is 85.7 Å². The summed E-state index contributed by atoms with van der Waals surface area (Å²) in [6.45, 7) is -0.648. The Labute approximate surface area is 352 Å². The monoisotopic (exact) mass is 822 g/mol. The van der Waals surface area contributed by atoms with E-state index in [9.17, 15) is 24.6 Å². The summed E-state index contributed by atoms with van der Waals surface area (Å²) < 4.78 is 28.5. The van der Waals surface area contributed by atoms with E-state index in [-0.39, 0.29) is 43.4 Å². The van der Waals surface area contributed by atoms with Crippen molar-refractivity contribution in [2.24, 2.45) is 5.92 Å². The van der Waals surface area contributed by atoms with Gasteiger partial charge < -0.3 is 33.9 Å². The molecule has 2 N–H and O–H groups in total. The second kappa shape index (κ2) is 17.3. The number of cyclic esters (lactones) is 1. The normalized spacial score (nSPS) is 22.7. The minimum atomic E-state index is -2.22. The number of aliphatic carboxylic acids is 1. The quantitative estimate of drug-likeness (QED) is 0.0910. The van der Waals surface area contributed by atoms with Gasteiger partial charge in [0.15, 0.2) is 0 Å². The van der Waals surface area contributed by atoms with Crippen molar-refractivity contribution in [2.45, 2.75) is 29.6 Å². The molecule has 13 heteroatoms. The van der Waals surface area contributed by atoms with Crippen molar-refractivity contribution in [3.8, 4) is 23.3 Å². The molecule has 310 valence electrons. The number of imide groups is 1. The van der Waals surface area contributed by atoms with Crippen LogP contribution < -0.4 is 14.4 Å². The largest absolute Gasteiger partial charge is 0.497 e. The van der Waals surface area contributed by atoms with E-state index in [2.05, 4.69) is 11.8 Å². The van der Waals surface area contributed by atoms with E-state index in [0.717, 1.165) is 4.90 Å². The first kappa shape index (κ1) is 40.8. The number of esters is 1. The second-order valence-electron chi connectivity index (χ2n) is 14.7. The van der Waals surface area contributed by atoms with Gasteiger partial charge in [0.1, 0.15) is 48.2 Å². The fourth-order valence-corrected chi connectivity index (χ4v) is 9.00. The number of morpholine rings is 1. The Hall–Kier alpha value is -6.98. The molecule has 0 aliphatic carbocycles. The Morgan fingerprint density at radius 2 is 1.43 bits per heavy atom. The van der Waals surface area contributed by atoms with Crippen molar-refractivity contribution in [2.75, 3.05) is 45.5 Å². The Bertz CT molecular complexity index is 2500. The lowest BCUT2D eigenvalue weighted by Gasteiger charge is -2.46. The molecule has 3 heterocycles. The first-order valence-electron chi connectivity index (χ1n) is 19.7. The number of fused-ring (bicyclic) bond motifs is 3. The minimum absolute atomic E-state index is 0.0307. The van der Waals surface area contributed by atoms with Gasteiger partial charge >= 0.3 is 18.0 Å². The number of aliphatic hydroxyl groups excluding tert-OH is 1. The minimum Gasteiger partial charge on any atom is -0.497 e. The van der Waals surface area contributed by atoms with E-state index in [0.29, 0.717) is 33.6 Å². The predicted octanol–water partition coefficient (Wildman–Crippen LogP) is 6.00. The lowest BCUT2D eigenvalue weighted by Crippen LogP contribution is -2.53. The zero-order chi connectivity index (χ0) is 42.7. The van der Waals surface area contributed by atoms with Crippen molar-refractivity contribution in [1.82, 2.24) is 4.90 Å². The average molecular weight is 823 g/mol. The highest BCUT2D eigenvalue weighted by Gasteiger charge is 2.76. The smallest absolute Gasteiger partial charge is 0.421 e. The highest BCUT2D eigenvalue weighted by molar-refractivity contribution is 6.23. The molecule has 2 saturated heterocycles. The number of hydrogen-bond acceptors (Lipinski definition) is 11. The van der Waals surface area contributed by atoms with Crippen LogP contribution in [0.2, 0.25) is 0 Å². The molecule has 0 saturated carbocycles. The number of methoxy groups -OCH3 is 2. The van der Waals surface area contributed by atoms with Crippen molar-refractivity contribution in [3.63, 3.8) is 0 Å². The van der Waals surface area contributed by atoms with Crippen LogP contribution in [0, 0.1) is 17.8 Å². The van der Waals surface area contributed by atoms with E-state index >= 15 is 4.79 Å². The predicted molar refractivity (Wildman–Crippen MR) is 221 cm³/mol. The van der Waals surface area contributed by atoms with Crippen LogP contribution in [0.3, 0.4) is 0 Å². The molecule has 13 nitrogen and oxygen atoms in total. The molecule has 2 amide bonds. The molecular weight excluding hydrogens is 781 g/mol. The average Bonchev–Trinajstić information content (AvgIpc) is 3.74. The summed E-state index contributed by atoms with van der Waals surface area (Å²) in [6.07, 6.45) is -2.03. The Balaban J connectivity index is 1.44. The molecule has 0 bridgehead atoms. The number of carbonyl (C=O) groups excluding carboxylic acids is 3. The van der Waals surface area contributed by atoms with E-state index in [1.54, 1.807) is 78.7 Å². The third-order valence-electron chi connectivity index (χ3n) is 11.4. The molecule has 6 atom stereocenters. The molecule has 0 radical (unpaired) electrons. The molecule has 8 rings (SSSR count). The summed E-state index contributed by atoms with van der Waals surface area (Å²) in [5.41, 5.74) is 0.699. The fraction of sp³-hybridized carbons (Fsp3) is 0.250. The van der Waals surface area contributed by atoms with Crippen molar-refractivity contribution >= 4 is 29.6 Å². The molecule has 5 aromatic rings. The molecular formula is C48H42N2O11. The number of carboxylic acid groups (broad SMARTS) is 1. The number of rotatable bonds is 11. The van der Waals surface area contributed by atoms with Crippen LogP contribution in [0.25, 0.3) is 0 Å². The second-order valence-corrected chi connectivity index (χ2v) is 14.7. The summed E-state index contributed by atoms with van der Waals surface area (Å²) in [5.74, 6) is 2.05. The van der Waals surface area contributed by atoms with Gasteiger partial charge in [-0.25, -0.2) is 9.69 Å². The third kappa shape index (κ3) is 7.14. The lowest BCUT2D eigenvalue weighted by atomic mass is 9.65. The maximum absolute atomic E-state index is 15.9. The number of nitrogens with zero attached hydrogens (tertiary/aromatic N) is 2. The lowest BCUT2D eigenvalue weighted by molar-refractivity contribution is -0.179. The molecule has 3 aliphatic heterocycles. The summed E-state index contributed by atoms with van der Waals surface area (Å²) in [6, 6.07) is 33.3. The topological polar surface area (TPSA) is 161 Å².